The van der Waals surface area contributed by atoms with Crippen LogP contribution in [0.2, 0.25) is 5.02 Å². The maximum atomic E-state index is 5.98. The Morgan fingerprint density at radius 1 is 0.950 bits per heavy atom. The van der Waals surface area contributed by atoms with Gasteiger partial charge in [0, 0.05) is 35.2 Å². The molecule has 4 heteroatoms. The van der Waals surface area contributed by atoms with Gasteiger partial charge in [0.1, 0.15) is 0 Å². The molecule has 3 rings (SSSR count). The van der Waals surface area contributed by atoms with Crippen LogP contribution in [0.3, 0.4) is 0 Å². The van der Waals surface area contributed by atoms with Crippen molar-refractivity contribution in [2.75, 3.05) is 36.5 Å². The van der Waals surface area contributed by atoms with Crippen molar-refractivity contribution >= 4 is 28.7 Å². The summed E-state index contributed by atoms with van der Waals surface area (Å²) < 4.78 is 5.37. The monoisotopic (exact) mass is 288 g/mol. The molecule has 0 bridgehead atoms. The van der Waals surface area contributed by atoms with Crippen LogP contribution in [0.1, 0.15) is 0 Å². The number of morpholine rings is 1. The fourth-order valence-electron chi connectivity index (χ4n) is 2.31. The Hall–Kier alpha value is -1.71. The van der Waals surface area contributed by atoms with E-state index in [4.69, 9.17) is 16.3 Å². The number of nitrogens with zero attached hydrogens (tertiary/aromatic N) is 1. The van der Waals surface area contributed by atoms with Crippen LogP contribution in [-0.4, -0.2) is 26.3 Å². The molecule has 1 heterocycles. The van der Waals surface area contributed by atoms with Crippen molar-refractivity contribution in [1.29, 1.82) is 0 Å². The Morgan fingerprint density at radius 2 is 1.70 bits per heavy atom. The van der Waals surface area contributed by atoms with Crippen LogP contribution in [0.25, 0.3) is 0 Å². The number of benzene rings is 2. The molecule has 0 atom stereocenters. The van der Waals surface area contributed by atoms with Gasteiger partial charge in [0.2, 0.25) is 0 Å². The summed E-state index contributed by atoms with van der Waals surface area (Å²) in [5, 5.41) is 4.08. The Labute approximate surface area is 124 Å². The van der Waals surface area contributed by atoms with Gasteiger partial charge in [-0.15, -0.1) is 0 Å². The first kappa shape index (κ1) is 13.3. The number of anilines is 3. The fourth-order valence-corrected chi connectivity index (χ4v) is 2.50. The second-order valence-corrected chi connectivity index (χ2v) is 5.22. The summed E-state index contributed by atoms with van der Waals surface area (Å²) in [6, 6.07) is 16.2. The summed E-state index contributed by atoms with van der Waals surface area (Å²) in [4.78, 5) is 2.34. The predicted octanol–water partition coefficient (Wildman–Crippen LogP) is 3.92. The van der Waals surface area contributed by atoms with Gasteiger partial charge in [-0.25, -0.2) is 0 Å². The molecule has 0 aromatic heterocycles. The topological polar surface area (TPSA) is 24.5 Å². The van der Waals surface area contributed by atoms with Gasteiger partial charge in [0.05, 0.1) is 13.2 Å². The van der Waals surface area contributed by atoms with Crippen molar-refractivity contribution in [3.8, 4) is 0 Å². The zero-order valence-electron chi connectivity index (χ0n) is 11.2. The van der Waals surface area contributed by atoms with E-state index in [2.05, 4.69) is 34.5 Å². The zero-order chi connectivity index (χ0) is 13.8. The van der Waals surface area contributed by atoms with Gasteiger partial charge in [0.25, 0.3) is 0 Å². The molecule has 104 valence electrons. The van der Waals surface area contributed by atoms with E-state index in [1.165, 1.54) is 5.69 Å². The summed E-state index contributed by atoms with van der Waals surface area (Å²) >= 11 is 5.98. The number of ether oxygens (including phenoxy) is 1. The van der Waals surface area contributed by atoms with Crippen molar-refractivity contribution in [2.24, 2.45) is 0 Å². The highest BCUT2D eigenvalue weighted by Crippen LogP contribution is 2.23. The molecule has 2 aromatic carbocycles. The maximum Gasteiger partial charge on any atom is 0.0642 e. The highest BCUT2D eigenvalue weighted by atomic mass is 35.5. The third kappa shape index (κ3) is 3.24. The van der Waals surface area contributed by atoms with E-state index in [9.17, 15) is 0 Å². The minimum Gasteiger partial charge on any atom is -0.378 e. The number of hydrogen-bond acceptors (Lipinski definition) is 3. The number of rotatable bonds is 3. The molecule has 0 unspecified atom stereocenters. The molecule has 3 nitrogen and oxygen atoms in total. The molecule has 1 aliphatic rings. The Bertz CT molecular complexity index is 565. The molecular weight excluding hydrogens is 272 g/mol. The molecule has 1 fully saturated rings. The second-order valence-electron chi connectivity index (χ2n) is 4.78. The molecule has 1 saturated heterocycles. The normalized spacial score (nSPS) is 15.2. The molecule has 1 N–H and O–H groups in total. The third-order valence-corrected chi connectivity index (χ3v) is 3.59. The van der Waals surface area contributed by atoms with Crippen LogP contribution in [0.15, 0.2) is 48.5 Å². The fraction of sp³-hybridized carbons (Fsp3) is 0.250. The largest absolute Gasteiger partial charge is 0.378 e. The van der Waals surface area contributed by atoms with Gasteiger partial charge in [-0.1, -0.05) is 17.7 Å². The van der Waals surface area contributed by atoms with Crippen molar-refractivity contribution in [2.45, 2.75) is 0 Å². The lowest BCUT2D eigenvalue weighted by molar-refractivity contribution is 0.122. The summed E-state index contributed by atoms with van der Waals surface area (Å²) in [7, 11) is 0. The molecule has 0 amide bonds. The van der Waals surface area contributed by atoms with Crippen LogP contribution in [0.5, 0.6) is 0 Å². The van der Waals surface area contributed by atoms with Gasteiger partial charge >= 0.3 is 0 Å². The first-order chi connectivity index (χ1) is 9.81. The van der Waals surface area contributed by atoms with E-state index in [0.29, 0.717) is 0 Å². The average Bonchev–Trinajstić information content (AvgIpc) is 2.49. The van der Waals surface area contributed by atoms with Crippen molar-refractivity contribution in [1.82, 2.24) is 0 Å². The van der Waals surface area contributed by atoms with Crippen LogP contribution >= 0.6 is 11.6 Å². The van der Waals surface area contributed by atoms with Gasteiger partial charge in [-0.2, -0.15) is 0 Å². The molecular formula is C16H17ClN2O. The van der Waals surface area contributed by atoms with Crippen LogP contribution < -0.4 is 10.2 Å². The van der Waals surface area contributed by atoms with Crippen LogP contribution in [-0.2, 0) is 4.74 Å². The first-order valence-electron chi connectivity index (χ1n) is 6.77. The average molecular weight is 289 g/mol. The van der Waals surface area contributed by atoms with E-state index in [0.717, 1.165) is 42.7 Å². The Balaban J connectivity index is 1.69. The summed E-state index contributed by atoms with van der Waals surface area (Å²) in [6.45, 7) is 3.53. The van der Waals surface area contributed by atoms with E-state index in [-0.39, 0.29) is 0 Å². The lowest BCUT2D eigenvalue weighted by Gasteiger charge is -2.28. The minimum absolute atomic E-state index is 0.736. The smallest absolute Gasteiger partial charge is 0.0642 e. The molecule has 0 aliphatic carbocycles. The number of hydrogen-bond donors (Lipinski definition) is 1. The SMILES string of the molecule is Clc1cccc(Nc2ccc(N3CCOCC3)cc2)c1. The number of halogens is 1. The Morgan fingerprint density at radius 3 is 2.40 bits per heavy atom. The van der Waals surface area contributed by atoms with E-state index in [1.54, 1.807) is 0 Å². The summed E-state index contributed by atoms with van der Waals surface area (Å²) in [6.07, 6.45) is 0. The summed E-state index contributed by atoms with van der Waals surface area (Å²) in [5.41, 5.74) is 3.30. The third-order valence-electron chi connectivity index (χ3n) is 3.36. The number of nitrogens with one attached hydrogen (secondary N) is 1. The summed E-state index contributed by atoms with van der Waals surface area (Å²) in [5.74, 6) is 0. The molecule has 0 spiro atoms. The zero-order valence-corrected chi connectivity index (χ0v) is 11.9. The molecule has 1 aliphatic heterocycles. The van der Waals surface area contributed by atoms with Crippen LogP contribution in [0, 0.1) is 0 Å². The maximum absolute atomic E-state index is 5.98. The lowest BCUT2D eigenvalue weighted by Crippen LogP contribution is -2.36. The highest BCUT2D eigenvalue weighted by molar-refractivity contribution is 6.30. The van der Waals surface area contributed by atoms with E-state index < -0.39 is 0 Å². The minimum atomic E-state index is 0.736. The van der Waals surface area contributed by atoms with Gasteiger partial charge in [-0.05, 0) is 42.5 Å². The van der Waals surface area contributed by atoms with E-state index >= 15 is 0 Å². The molecule has 2 aromatic rings. The quantitative estimate of drug-likeness (QED) is 0.926. The highest BCUT2D eigenvalue weighted by Gasteiger charge is 2.10. The van der Waals surface area contributed by atoms with Crippen molar-refractivity contribution in [3.63, 3.8) is 0 Å². The Kier molecular flexibility index (Phi) is 4.09. The van der Waals surface area contributed by atoms with Gasteiger partial charge in [0.15, 0.2) is 0 Å². The second kappa shape index (κ2) is 6.16. The van der Waals surface area contributed by atoms with Crippen LogP contribution in [0.4, 0.5) is 17.1 Å². The first-order valence-corrected chi connectivity index (χ1v) is 7.14. The van der Waals surface area contributed by atoms with Crippen molar-refractivity contribution in [3.05, 3.63) is 53.6 Å². The van der Waals surface area contributed by atoms with Gasteiger partial charge in [-0.3, -0.25) is 0 Å². The van der Waals surface area contributed by atoms with Gasteiger partial charge < -0.3 is 15.0 Å². The van der Waals surface area contributed by atoms with E-state index in [1.807, 2.05) is 24.3 Å². The molecule has 20 heavy (non-hydrogen) atoms. The lowest BCUT2D eigenvalue weighted by atomic mass is 10.2. The van der Waals surface area contributed by atoms with Crippen molar-refractivity contribution < 1.29 is 4.74 Å². The molecule has 0 radical (unpaired) electrons. The predicted molar refractivity (Wildman–Crippen MR) is 84.2 cm³/mol. The standard InChI is InChI=1S/C16H17ClN2O/c17-13-2-1-3-15(12-13)18-14-4-6-16(7-5-14)19-8-10-20-11-9-19/h1-7,12,18H,8-11H2. The molecule has 0 saturated carbocycles.